The fourth-order valence-corrected chi connectivity index (χ4v) is 2.41. The number of nitrogens with zero attached hydrogens (tertiary/aromatic N) is 1. The Morgan fingerprint density at radius 2 is 2.00 bits per heavy atom. The molecule has 1 aromatic rings. The van der Waals surface area contributed by atoms with Crippen LogP contribution in [0, 0.1) is 5.92 Å². The molecular formula is C15H25ClN2. The van der Waals surface area contributed by atoms with Crippen molar-refractivity contribution >= 4 is 11.6 Å². The highest BCUT2D eigenvalue weighted by Gasteiger charge is 2.15. The number of hydrogen-bond acceptors (Lipinski definition) is 2. The first-order valence-corrected chi connectivity index (χ1v) is 7.12. The van der Waals surface area contributed by atoms with Crippen molar-refractivity contribution in [3.8, 4) is 0 Å². The first kappa shape index (κ1) is 15.5. The topological polar surface area (TPSA) is 29.3 Å². The van der Waals surface area contributed by atoms with E-state index in [1.807, 2.05) is 18.2 Å². The van der Waals surface area contributed by atoms with Crippen molar-refractivity contribution in [3.63, 3.8) is 0 Å². The quantitative estimate of drug-likeness (QED) is 0.817. The van der Waals surface area contributed by atoms with E-state index < -0.39 is 0 Å². The molecule has 0 aliphatic heterocycles. The van der Waals surface area contributed by atoms with Crippen molar-refractivity contribution in [3.05, 3.63) is 34.9 Å². The molecule has 0 aromatic heterocycles. The summed E-state index contributed by atoms with van der Waals surface area (Å²) in [6.07, 6.45) is 2.31. The normalized spacial score (nSPS) is 14.8. The Kier molecular flexibility index (Phi) is 6.69. The van der Waals surface area contributed by atoms with Gasteiger partial charge in [-0.25, -0.2) is 0 Å². The molecule has 2 unspecified atom stereocenters. The second-order valence-electron chi connectivity index (χ2n) is 4.98. The van der Waals surface area contributed by atoms with E-state index in [9.17, 15) is 0 Å². The summed E-state index contributed by atoms with van der Waals surface area (Å²) >= 11 is 6.23. The van der Waals surface area contributed by atoms with Crippen LogP contribution in [0.3, 0.4) is 0 Å². The van der Waals surface area contributed by atoms with Gasteiger partial charge >= 0.3 is 0 Å². The van der Waals surface area contributed by atoms with Crippen LogP contribution in [-0.4, -0.2) is 25.0 Å². The summed E-state index contributed by atoms with van der Waals surface area (Å²) in [5.74, 6) is 0.630. The SMILES string of the molecule is CCC(CN)CCN(C)C(C)c1ccccc1Cl. The minimum Gasteiger partial charge on any atom is -0.330 e. The summed E-state index contributed by atoms with van der Waals surface area (Å²) in [7, 11) is 2.15. The molecule has 0 heterocycles. The van der Waals surface area contributed by atoms with Gasteiger partial charge in [-0.1, -0.05) is 43.1 Å². The van der Waals surface area contributed by atoms with Crippen LogP contribution in [0.15, 0.2) is 24.3 Å². The molecule has 0 aliphatic carbocycles. The van der Waals surface area contributed by atoms with E-state index in [4.69, 9.17) is 17.3 Å². The van der Waals surface area contributed by atoms with Crippen LogP contribution in [0.4, 0.5) is 0 Å². The van der Waals surface area contributed by atoms with Crippen molar-refractivity contribution < 1.29 is 0 Å². The largest absolute Gasteiger partial charge is 0.330 e. The molecule has 1 rings (SSSR count). The Bertz CT molecular complexity index is 350. The molecule has 1 aromatic carbocycles. The third-order valence-corrected chi connectivity index (χ3v) is 4.16. The smallest absolute Gasteiger partial charge is 0.0453 e. The zero-order chi connectivity index (χ0) is 13.5. The van der Waals surface area contributed by atoms with E-state index in [1.165, 1.54) is 5.56 Å². The molecule has 0 saturated heterocycles. The van der Waals surface area contributed by atoms with Gasteiger partial charge in [0.25, 0.3) is 0 Å². The van der Waals surface area contributed by atoms with Gasteiger partial charge in [0.1, 0.15) is 0 Å². The molecule has 2 atom stereocenters. The first-order valence-electron chi connectivity index (χ1n) is 6.74. The van der Waals surface area contributed by atoms with Crippen LogP contribution >= 0.6 is 11.6 Å². The summed E-state index contributed by atoms with van der Waals surface area (Å²) < 4.78 is 0. The minimum atomic E-state index is 0.342. The predicted octanol–water partition coefficient (Wildman–Crippen LogP) is 3.71. The zero-order valence-corrected chi connectivity index (χ0v) is 12.5. The average molecular weight is 269 g/mol. The molecule has 3 heteroatoms. The molecule has 0 spiro atoms. The lowest BCUT2D eigenvalue weighted by Gasteiger charge is -2.27. The van der Waals surface area contributed by atoms with Gasteiger partial charge in [0.05, 0.1) is 0 Å². The number of rotatable bonds is 7. The third-order valence-electron chi connectivity index (χ3n) is 3.82. The van der Waals surface area contributed by atoms with Gasteiger partial charge in [-0.15, -0.1) is 0 Å². The minimum absolute atomic E-state index is 0.342. The van der Waals surface area contributed by atoms with Crippen LogP contribution in [-0.2, 0) is 0 Å². The Hall–Kier alpha value is -0.570. The van der Waals surface area contributed by atoms with Gasteiger partial charge in [0.2, 0.25) is 0 Å². The lowest BCUT2D eigenvalue weighted by Crippen LogP contribution is -2.27. The molecule has 0 aliphatic rings. The van der Waals surface area contributed by atoms with Gasteiger partial charge in [0.15, 0.2) is 0 Å². The Balaban J connectivity index is 2.56. The standard InChI is InChI=1S/C15H25ClN2/c1-4-13(11-17)9-10-18(3)12(2)14-7-5-6-8-15(14)16/h5-8,12-13H,4,9-11,17H2,1-3H3. The van der Waals surface area contributed by atoms with Crippen LogP contribution in [0.25, 0.3) is 0 Å². The first-order chi connectivity index (χ1) is 8.60. The van der Waals surface area contributed by atoms with E-state index in [1.54, 1.807) is 0 Å². The van der Waals surface area contributed by atoms with Gasteiger partial charge in [-0.2, -0.15) is 0 Å². The molecule has 2 N–H and O–H groups in total. The molecular weight excluding hydrogens is 244 g/mol. The van der Waals surface area contributed by atoms with Crippen molar-refractivity contribution in [2.45, 2.75) is 32.7 Å². The van der Waals surface area contributed by atoms with Gasteiger partial charge < -0.3 is 5.73 Å². The average Bonchev–Trinajstić information content (AvgIpc) is 2.39. The molecule has 0 amide bonds. The van der Waals surface area contributed by atoms with E-state index in [-0.39, 0.29) is 0 Å². The van der Waals surface area contributed by atoms with Gasteiger partial charge in [-0.05, 0) is 51.0 Å². The second kappa shape index (κ2) is 7.78. The van der Waals surface area contributed by atoms with E-state index in [0.29, 0.717) is 12.0 Å². The van der Waals surface area contributed by atoms with E-state index in [0.717, 1.165) is 31.0 Å². The monoisotopic (exact) mass is 268 g/mol. The number of hydrogen-bond donors (Lipinski definition) is 1. The van der Waals surface area contributed by atoms with Crippen LogP contribution in [0.2, 0.25) is 5.02 Å². The van der Waals surface area contributed by atoms with Crippen LogP contribution in [0.1, 0.15) is 38.3 Å². The van der Waals surface area contributed by atoms with E-state index in [2.05, 4.69) is 31.9 Å². The lowest BCUT2D eigenvalue weighted by molar-refractivity contribution is 0.239. The van der Waals surface area contributed by atoms with Crippen LogP contribution < -0.4 is 5.73 Å². The fraction of sp³-hybridized carbons (Fsp3) is 0.600. The maximum absolute atomic E-state index is 6.23. The predicted molar refractivity (Wildman–Crippen MR) is 79.9 cm³/mol. The zero-order valence-electron chi connectivity index (χ0n) is 11.7. The summed E-state index contributed by atoms with van der Waals surface area (Å²) in [5, 5.41) is 0.850. The highest BCUT2D eigenvalue weighted by Crippen LogP contribution is 2.26. The second-order valence-corrected chi connectivity index (χ2v) is 5.38. The Labute approximate surface area is 116 Å². The van der Waals surface area contributed by atoms with Crippen molar-refractivity contribution in [1.29, 1.82) is 0 Å². The summed E-state index contributed by atoms with van der Waals surface area (Å²) in [6.45, 7) is 6.24. The molecule has 18 heavy (non-hydrogen) atoms. The summed E-state index contributed by atoms with van der Waals surface area (Å²) in [6, 6.07) is 8.41. The highest BCUT2D eigenvalue weighted by molar-refractivity contribution is 6.31. The van der Waals surface area contributed by atoms with Crippen molar-refractivity contribution in [2.75, 3.05) is 20.1 Å². The molecule has 0 fully saturated rings. The third kappa shape index (κ3) is 4.27. The fourth-order valence-electron chi connectivity index (χ4n) is 2.12. The number of halogens is 1. The molecule has 2 nitrogen and oxygen atoms in total. The van der Waals surface area contributed by atoms with Gasteiger partial charge in [-0.3, -0.25) is 4.90 Å². The maximum atomic E-state index is 6.23. The maximum Gasteiger partial charge on any atom is 0.0453 e. The number of nitrogens with two attached hydrogens (primary N) is 1. The summed E-state index contributed by atoms with van der Waals surface area (Å²) in [5.41, 5.74) is 6.94. The molecule has 102 valence electrons. The molecule has 0 radical (unpaired) electrons. The number of benzene rings is 1. The summed E-state index contributed by atoms with van der Waals surface area (Å²) in [4.78, 5) is 2.35. The highest BCUT2D eigenvalue weighted by atomic mass is 35.5. The van der Waals surface area contributed by atoms with Crippen LogP contribution in [0.5, 0.6) is 0 Å². The molecule has 0 bridgehead atoms. The van der Waals surface area contributed by atoms with Crippen molar-refractivity contribution in [1.82, 2.24) is 4.90 Å². The van der Waals surface area contributed by atoms with Crippen molar-refractivity contribution in [2.24, 2.45) is 11.7 Å². The van der Waals surface area contributed by atoms with Gasteiger partial charge in [0, 0.05) is 11.1 Å². The lowest BCUT2D eigenvalue weighted by atomic mass is 10.0. The van der Waals surface area contributed by atoms with E-state index >= 15 is 0 Å². The molecule has 0 saturated carbocycles. The Morgan fingerprint density at radius 3 is 2.56 bits per heavy atom. The Morgan fingerprint density at radius 1 is 1.33 bits per heavy atom.